The van der Waals surface area contributed by atoms with Gasteiger partial charge in [-0.15, -0.1) is 5.06 Å². The summed E-state index contributed by atoms with van der Waals surface area (Å²) in [4.78, 5) is 78.5. The van der Waals surface area contributed by atoms with Crippen molar-refractivity contribution in [2.75, 3.05) is 0 Å². The van der Waals surface area contributed by atoms with Crippen molar-refractivity contribution >= 4 is 35.3 Å². The number of ether oxygens (including phenoxy) is 1. The molecule has 206 valence electrons. The van der Waals surface area contributed by atoms with Gasteiger partial charge in [-0.3, -0.25) is 24.0 Å². The molecule has 7 unspecified atom stereocenters. The number of imide groups is 1. The van der Waals surface area contributed by atoms with Gasteiger partial charge in [-0.1, -0.05) is 19.4 Å². The van der Waals surface area contributed by atoms with Crippen molar-refractivity contribution in [2.24, 2.45) is 34.5 Å². The standard InChI is InChI=1S/C29H37NO8/c1-16(31)20-6-7-21-19-5-4-17-14-18(32)12-13-28(17,2)27(19)22(15-29(20,21)3)37-25(35)10-11-26(36)38-30-23(33)8-9-24(30)34/h14,19-22,27H,4-13,15H2,1-3H3. The third kappa shape index (κ3) is 4.41. The molecule has 1 aliphatic heterocycles. The van der Waals surface area contributed by atoms with Gasteiger partial charge in [0, 0.05) is 31.1 Å². The molecule has 9 nitrogen and oxygen atoms in total. The first-order chi connectivity index (χ1) is 17.9. The Morgan fingerprint density at radius 1 is 0.947 bits per heavy atom. The Hall–Kier alpha value is -2.84. The van der Waals surface area contributed by atoms with Crippen LogP contribution in [0.15, 0.2) is 11.6 Å². The summed E-state index contributed by atoms with van der Waals surface area (Å²) in [6, 6.07) is 0. The van der Waals surface area contributed by atoms with Crippen LogP contribution in [-0.4, -0.2) is 46.5 Å². The van der Waals surface area contributed by atoms with Gasteiger partial charge in [-0.25, -0.2) is 4.79 Å². The first-order valence-electron chi connectivity index (χ1n) is 13.9. The van der Waals surface area contributed by atoms with E-state index in [9.17, 15) is 28.8 Å². The third-order valence-corrected chi connectivity index (χ3v) is 10.4. The molecule has 7 atom stereocenters. The number of esters is 1. The molecule has 0 N–H and O–H groups in total. The number of fused-ring (bicyclic) bond motifs is 5. The van der Waals surface area contributed by atoms with Gasteiger partial charge in [0.05, 0.1) is 12.8 Å². The van der Waals surface area contributed by atoms with Gasteiger partial charge in [0.2, 0.25) is 0 Å². The molecule has 0 aromatic rings. The number of allylic oxidation sites excluding steroid dienone is 1. The number of hydrogen-bond donors (Lipinski definition) is 0. The van der Waals surface area contributed by atoms with Gasteiger partial charge in [0.15, 0.2) is 5.78 Å². The summed E-state index contributed by atoms with van der Waals surface area (Å²) in [5, 5.41) is 0.476. The van der Waals surface area contributed by atoms with Crippen molar-refractivity contribution in [3.63, 3.8) is 0 Å². The number of nitrogens with zero attached hydrogens (tertiary/aromatic N) is 1. The summed E-state index contributed by atoms with van der Waals surface area (Å²) in [5.41, 5.74) is 0.617. The molecule has 1 heterocycles. The lowest BCUT2D eigenvalue weighted by molar-refractivity contribution is -0.198. The highest BCUT2D eigenvalue weighted by molar-refractivity contribution is 6.01. The van der Waals surface area contributed by atoms with Crippen LogP contribution in [0.1, 0.15) is 91.4 Å². The van der Waals surface area contributed by atoms with E-state index in [2.05, 4.69) is 13.8 Å². The number of ketones is 2. The molecule has 1 saturated heterocycles. The monoisotopic (exact) mass is 527 g/mol. The Balaban J connectivity index is 1.34. The zero-order chi connectivity index (χ0) is 27.4. The van der Waals surface area contributed by atoms with Crippen molar-refractivity contribution in [2.45, 2.75) is 97.5 Å². The zero-order valence-electron chi connectivity index (χ0n) is 22.5. The van der Waals surface area contributed by atoms with Crippen molar-refractivity contribution in [1.82, 2.24) is 5.06 Å². The van der Waals surface area contributed by atoms with Crippen molar-refractivity contribution < 1.29 is 38.3 Å². The Kier molecular flexibility index (Phi) is 6.84. The van der Waals surface area contributed by atoms with Crippen LogP contribution in [0.5, 0.6) is 0 Å². The predicted octanol–water partition coefficient (Wildman–Crippen LogP) is 3.63. The predicted molar refractivity (Wildman–Crippen MR) is 133 cm³/mol. The molecular formula is C29H37NO8. The summed E-state index contributed by atoms with van der Waals surface area (Å²) in [6.45, 7) is 6.03. The lowest BCUT2D eigenvalue weighted by Crippen LogP contribution is -2.58. The van der Waals surface area contributed by atoms with Crippen LogP contribution in [0, 0.1) is 34.5 Å². The minimum absolute atomic E-state index is 0.000207. The SMILES string of the molecule is CC(=O)C1CCC2C3CCC4=CC(=O)CCC4(C)C3C(OC(=O)CCC(=O)ON3C(=O)CCC3=O)CC12C. The molecule has 2 amide bonds. The van der Waals surface area contributed by atoms with E-state index >= 15 is 0 Å². The smallest absolute Gasteiger partial charge is 0.333 e. The number of hydroxylamine groups is 2. The highest BCUT2D eigenvalue weighted by atomic mass is 16.7. The Morgan fingerprint density at radius 2 is 1.63 bits per heavy atom. The van der Waals surface area contributed by atoms with E-state index in [-0.39, 0.29) is 65.8 Å². The average Bonchev–Trinajstić information content (AvgIpc) is 3.36. The van der Waals surface area contributed by atoms with Gasteiger partial charge in [0.1, 0.15) is 11.9 Å². The molecule has 4 aliphatic carbocycles. The fourth-order valence-electron chi connectivity index (χ4n) is 8.67. The van der Waals surface area contributed by atoms with E-state index in [1.165, 1.54) is 0 Å². The molecule has 0 bridgehead atoms. The average molecular weight is 528 g/mol. The van der Waals surface area contributed by atoms with Gasteiger partial charge >= 0.3 is 11.9 Å². The molecule has 5 aliphatic rings. The van der Waals surface area contributed by atoms with Crippen LogP contribution in [0.25, 0.3) is 0 Å². The number of hydrogen-bond acceptors (Lipinski definition) is 8. The van der Waals surface area contributed by atoms with Gasteiger partial charge < -0.3 is 9.57 Å². The molecule has 0 radical (unpaired) electrons. The molecule has 9 heteroatoms. The quantitative estimate of drug-likeness (QED) is 0.379. The van der Waals surface area contributed by atoms with Crippen LogP contribution < -0.4 is 0 Å². The molecule has 0 spiro atoms. The largest absolute Gasteiger partial charge is 0.462 e. The zero-order valence-corrected chi connectivity index (χ0v) is 22.5. The summed E-state index contributed by atoms with van der Waals surface area (Å²) in [7, 11) is 0. The number of amides is 2. The lowest BCUT2D eigenvalue weighted by Gasteiger charge is -2.60. The second kappa shape index (κ2) is 9.72. The fourth-order valence-corrected chi connectivity index (χ4v) is 8.67. The Labute approximate surface area is 222 Å². The Bertz CT molecular complexity index is 1110. The maximum Gasteiger partial charge on any atom is 0.333 e. The molecule has 4 fully saturated rings. The molecule has 5 rings (SSSR count). The van der Waals surface area contributed by atoms with Gasteiger partial charge in [0.25, 0.3) is 11.8 Å². The van der Waals surface area contributed by atoms with E-state index < -0.39 is 29.9 Å². The number of rotatable bonds is 6. The minimum Gasteiger partial charge on any atom is -0.462 e. The van der Waals surface area contributed by atoms with Crippen molar-refractivity contribution in [1.29, 1.82) is 0 Å². The van der Waals surface area contributed by atoms with Crippen molar-refractivity contribution in [3.8, 4) is 0 Å². The lowest BCUT2D eigenvalue weighted by atomic mass is 9.46. The van der Waals surface area contributed by atoms with Crippen LogP contribution in [0.4, 0.5) is 0 Å². The summed E-state index contributed by atoms with van der Waals surface area (Å²) in [5.74, 6) is -1.59. The fraction of sp³-hybridized carbons (Fsp3) is 0.724. The summed E-state index contributed by atoms with van der Waals surface area (Å²) < 4.78 is 6.15. The normalized spacial score (nSPS) is 38.2. The van der Waals surface area contributed by atoms with Crippen LogP contribution in [0.3, 0.4) is 0 Å². The molecule has 0 aromatic carbocycles. The molecule has 3 saturated carbocycles. The van der Waals surface area contributed by atoms with Gasteiger partial charge in [-0.05, 0) is 74.2 Å². The number of carbonyl (C=O) groups excluding carboxylic acids is 6. The first kappa shape index (κ1) is 26.8. The van der Waals surface area contributed by atoms with E-state index in [1.54, 1.807) is 13.0 Å². The van der Waals surface area contributed by atoms with Crippen LogP contribution >= 0.6 is 0 Å². The topological polar surface area (TPSA) is 124 Å². The summed E-state index contributed by atoms with van der Waals surface area (Å²) in [6.07, 6.45) is 6.16. The molecule has 0 aromatic heterocycles. The van der Waals surface area contributed by atoms with Crippen LogP contribution in [-0.2, 0) is 38.3 Å². The third-order valence-electron chi connectivity index (χ3n) is 10.4. The van der Waals surface area contributed by atoms with Crippen molar-refractivity contribution in [3.05, 3.63) is 11.6 Å². The van der Waals surface area contributed by atoms with Crippen LogP contribution in [0.2, 0.25) is 0 Å². The summed E-state index contributed by atoms with van der Waals surface area (Å²) >= 11 is 0. The van der Waals surface area contributed by atoms with E-state index in [4.69, 9.17) is 9.57 Å². The van der Waals surface area contributed by atoms with E-state index in [1.807, 2.05) is 0 Å². The number of carbonyl (C=O) groups is 6. The highest BCUT2D eigenvalue weighted by Gasteiger charge is 2.63. The highest BCUT2D eigenvalue weighted by Crippen LogP contribution is 2.67. The number of Topliss-reactive ketones (excluding diaryl/α,β-unsaturated/α-hetero) is 1. The second-order valence-electron chi connectivity index (χ2n) is 12.4. The van der Waals surface area contributed by atoms with E-state index in [0.29, 0.717) is 23.8 Å². The first-order valence-corrected chi connectivity index (χ1v) is 13.9. The Morgan fingerprint density at radius 3 is 2.32 bits per heavy atom. The maximum absolute atomic E-state index is 13.1. The van der Waals surface area contributed by atoms with E-state index in [0.717, 1.165) is 37.7 Å². The maximum atomic E-state index is 13.1. The minimum atomic E-state index is -0.841. The molecular weight excluding hydrogens is 490 g/mol. The second-order valence-corrected chi connectivity index (χ2v) is 12.4. The van der Waals surface area contributed by atoms with Gasteiger partial charge in [-0.2, -0.15) is 0 Å². The molecule has 38 heavy (non-hydrogen) atoms.